The number of nitrogens with zero attached hydrogens (tertiary/aromatic N) is 3. The van der Waals surface area contributed by atoms with Gasteiger partial charge in [-0.05, 0) is 50.6 Å². The third kappa shape index (κ3) is 5.96. The van der Waals surface area contributed by atoms with Crippen molar-refractivity contribution in [1.82, 2.24) is 9.62 Å². The molecule has 0 aliphatic carbocycles. The van der Waals surface area contributed by atoms with Gasteiger partial charge in [-0.15, -0.1) is 0 Å². The third-order valence-corrected chi connectivity index (χ3v) is 7.23. The minimum absolute atomic E-state index is 0.0718. The predicted octanol–water partition coefficient (Wildman–Crippen LogP) is 2.79. The lowest BCUT2D eigenvalue weighted by molar-refractivity contribution is -0.385. The fourth-order valence-electron chi connectivity index (χ4n) is 3.81. The van der Waals surface area contributed by atoms with Crippen molar-refractivity contribution in [2.45, 2.75) is 31.2 Å². The van der Waals surface area contributed by atoms with E-state index >= 15 is 0 Å². The molecule has 1 atom stereocenters. The van der Waals surface area contributed by atoms with E-state index in [0.717, 1.165) is 38.8 Å². The van der Waals surface area contributed by atoms with E-state index in [9.17, 15) is 18.5 Å². The van der Waals surface area contributed by atoms with Crippen LogP contribution < -0.4 is 14.4 Å². The maximum Gasteiger partial charge on any atom is 0.271 e. The summed E-state index contributed by atoms with van der Waals surface area (Å²) in [5.41, 5.74) is 2.17. The number of non-ortho nitro benzene ring substituents is 1. The Labute approximate surface area is 189 Å². The van der Waals surface area contributed by atoms with Gasteiger partial charge in [0.1, 0.15) is 10.6 Å². The fourth-order valence-corrected chi connectivity index (χ4v) is 5.27. The summed E-state index contributed by atoms with van der Waals surface area (Å²) in [6.45, 7) is 8.31. The zero-order valence-electron chi connectivity index (χ0n) is 18.7. The number of piperazine rings is 1. The number of nitro benzene ring substituents is 1. The topological polar surface area (TPSA) is 105 Å². The van der Waals surface area contributed by atoms with Crippen molar-refractivity contribution in [3.05, 3.63) is 58.1 Å². The normalized spacial score (nSPS) is 16.0. The highest BCUT2D eigenvalue weighted by Gasteiger charge is 2.25. The third-order valence-electron chi connectivity index (χ3n) is 5.62. The largest absolute Gasteiger partial charge is 0.495 e. The van der Waals surface area contributed by atoms with Gasteiger partial charge in [-0.2, -0.15) is 0 Å². The minimum Gasteiger partial charge on any atom is -0.495 e. The van der Waals surface area contributed by atoms with Gasteiger partial charge in [-0.25, -0.2) is 13.1 Å². The van der Waals surface area contributed by atoms with Crippen LogP contribution in [0.3, 0.4) is 0 Å². The zero-order chi connectivity index (χ0) is 23.3. The number of sulfonamides is 1. The van der Waals surface area contributed by atoms with E-state index in [1.54, 1.807) is 6.92 Å². The van der Waals surface area contributed by atoms with Gasteiger partial charge in [0.15, 0.2) is 0 Å². The number of nitro groups is 1. The molecule has 0 spiro atoms. The van der Waals surface area contributed by atoms with Crippen molar-refractivity contribution in [1.29, 1.82) is 0 Å². The molecule has 32 heavy (non-hydrogen) atoms. The Morgan fingerprint density at radius 1 is 1.16 bits per heavy atom. The van der Waals surface area contributed by atoms with Gasteiger partial charge >= 0.3 is 0 Å². The highest BCUT2D eigenvalue weighted by molar-refractivity contribution is 7.89. The molecule has 174 valence electrons. The molecule has 1 fully saturated rings. The molecule has 9 nitrogen and oxygen atoms in total. The predicted molar refractivity (Wildman–Crippen MR) is 124 cm³/mol. The Hall–Kier alpha value is -2.69. The molecule has 0 amide bonds. The van der Waals surface area contributed by atoms with Crippen molar-refractivity contribution in [2.24, 2.45) is 0 Å². The SMILES string of the molecule is COc1ccc([N+](=O)[O-])cc1S(=O)(=O)NC(C)CCN1CCN(c2cccc(C)c2)CC1. The molecule has 0 bridgehead atoms. The number of methoxy groups -OCH3 is 1. The smallest absolute Gasteiger partial charge is 0.271 e. The van der Waals surface area contributed by atoms with Gasteiger partial charge in [-0.3, -0.25) is 15.0 Å². The first-order valence-corrected chi connectivity index (χ1v) is 12.1. The number of aryl methyl sites for hydroxylation is 1. The van der Waals surface area contributed by atoms with Gasteiger partial charge in [-0.1, -0.05) is 12.1 Å². The number of rotatable bonds is 9. The van der Waals surface area contributed by atoms with E-state index < -0.39 is 14.9 Å². The summed E-state index contributed by atoms with van der Waals surface area (Å²) in [6, 6.07) is 11.7. The molecule has 0 radical (unpaired) electrons. The second-order valence-electron chi connectivity index (χ2n) is 8.07. The van der Waals surface area contributed by atoms with E-state index in [-0.39, 0.29) is 22.4 Å². The van der Waals surface area contributed by atoms with Crippen LogP contribution in [0, 0.1) is 17.0 Å². The molecular formula is C22H30N4O5S. The van der Waals surface area contributed by atoms with Crippen molar-refractivity contribution >= 4 is 21.4 Å². The number of benzene rings is 2. The number of anilines is 1. The van der Waals surface area contributed by atoms with Crippen LogP contribution >= 0.6 is 0 Å². The molecule has 1 aliphatic rings. The highest BCUT2D eigenvalue weighted by Crippen LogP contribution is 2.28. The minimum atomic E-state index is -3.97. The molecule has 0 aromatic heterocycles. The summed E-state index contributed by atoms with van der Waals surface area (Å²) in [5.74, 6) is 0.0718. The van der Waals surface area contributed by atoms with Crippen molar-refractivity contribution in [3.8, 4) is 5.75 Å². The summed E-state index contributed by atoms with van der Waals surface area (Å²) < 4.78 is 33.4. The van der Waals surface area contributed by atoms with E-state index in [1.807, 2.05) is 0 Å². The molecular weight excluding hydrogens is 432 g/mol. The maximum absolute atomic E-state index is 12.8. The van der Waals surface area contributed by atoms with E-state index in [1.165, 1.54) is 30.5 Å². The lowest BCUT2D eigenvalue weighted by Gasteiger charge is -2.36. The molecule has 10 heteroatoms. The van der Waals surface area contributed by atoms with Gasteiger partial charge in [0.05, 0.1) is 12.0 Å². The second-order valence-corrected chi connectivity index (χ2v) is 9.75. The Kier molecular flexibility index (Phi) is 7.70. The molecule has 2 aromatic carbocycles. The summed E-state index contributed by atoms with van der Waals surface area (Å²) in [6.07, 6.45) is 0.626. The lowest BCUT2D eigenvalue weighted by atomic mass is 10.2. The van der Waals surface area contributed by atoms with Crippen LogP contribution in [0.25, 0.3) is 0 Å². The number of nitrogens with one attached hydrogen (secondary N) is 1. The molecule has 1 aliphatic heterocycles. The monoisotopic (exact) mass is 462 g/mol. The van der Waals surface area contributed by atoms with E-state index in [0.29, 0.717) is 6.42 Å². The van der Waals surface area contributed by atoms with Crippen LogP contribution in [0.5, 0.6) is 5.75 Å². The average molecular weight is 463 g/mol. The van der Waals surface area contributed by atoms with Gasteiger partial charge in [0, 0.05) is 50.0 Å². The summed E-state index contributed by atoms with van der Waals surface area (Å²) in [5, 5.41) is 11.1. The quantitative estimate of drug-likeness (QED) is 0.451. The molecule has 1 N–H and O–H groups in total. The maximum atomic E-state index is 12.8. The number of hydrogen-bond donors (Lipinski definition) is 1. The standard InChI is InChI=1S/C22H30N4O5S/c1-17-5-4-6-19(15-17)25-13-11-24(12-14-25)10-9-18(2)23-32(29,30)22-16-20(26(27)28)7-8-21(22)31-3/h4-8,15-16,18,23H,9-14H2,1-3H3. The van der Waals surface area contributed by atoms with E-state index in [2.05, 4.69) is 45.7 Å². The Morgan fingerprint density at radius 3 is 2.50 bits per heavy atom. The first-order chi connectivity index (χ1) is 15.2. The van der Waals surface area contributed by atoms with Gasteiger partial charge in [0.2, 0.25) is 10.0 Å². The number of ether oxygens (including phenoxy) is 1. The van der Waals surface area contributed by atoms with Crippen LogP contribution in [-0.2, 0) is 10.0 Å². The molecule has 0 saturated carbocycles. The molecule has 1 saturated heterocycles. The summed E-state index contributed by atoms with van der Waals surface area (Å²) in [7, 11) is -2.63. The summed E-state index contributed by atoms with van der Waals surface area (Å²) >= 11 is 0. The zero-order valence-corrected chi connectivity index (χ0v) is 19.5. The van der Waals surface area contributed by atoms with Crippen molar-refractivity contribution < 1.29 is 18.1 Å². The van der Waals surface area contributed by atoms with Crippen LogP contribution in [0.1, 0.15) is 18.9 Å². The molecule has 2 aromatic rings. The number of hydrogen-bond acceptors (Lipinski definition) is 7. The first kappa shape index (κ1) is 24.0. The van der Waals surface area contributed by atoms with Crippen LogP contribution in [0.2, 0.25) is 0 Å². The fraction of sp³-hybridized carbons (Fsp3) is 0.455. The van der Waals surface area contributed by atoms with Crippen LogP contribution in [-0.4, -0.2) is 64.1 Å². The lowest BCUT2D eigenvalue weighted by Crippen LogP contribution is -2.47. The second kappa shape index (κ2) is 10.3. The van der Waals surface area contributed by atoms with Gasteiger partial charge < -0.3 is 9.64 Å². The van der Waals surface area contributed by atoms with Crippen LogP contribution in [0.4, 0.5) is 11.4 Å². The van der Waals surface area contributed by atoms with E-state index in [4.69, 9.17) is 4.74 Å². The Morgan fingerprint density at radius 2 is 1.88 bits per heavy atom. The first-order valence-electron chi connectivity index (χ1n) is 10.6. The molecule has 1 heterocycles. The van der Waals surface area contributed by atoms with Gasteiger partial charge in [0.25, 0.3) is 5.69 Å². The Balaban J connectivity index is 1.54. The van der Waals surface area contributed by atoms with Crippen molar-refractivity contribution in [2.75, 3.05) is 44.7 Å². The van der Waals surface area contributed by atoms with Crippen LogP contribution in [0.15, 0.2) is 47.4 Å². The summed E-state index contributed by atoms with van der Waals surface area (Å²) in [4.78, 5) is 14.9. The average Bonchev–Trinajstić information content (AvgIpc) is 2.77. The molecule has 1 unspecified atom stereocenters. The molecule has 3 rings (SSSR count). The Bertz CT molecular complexity index is 1050. The highest BCUT2D eigenvalue weighted by atomic mass is 32.2. The van der Waals surface area contributed by atoms with Crippen molar-refractivity contribution in [3.63, 3.8) is 0 Å².